The Morgan fingerprint density at radius 2 is 1.65 bits per heavy atom. The average molecular weight is 463 g/mol. The SMILES string of the molecule is CCc1ccc(-n2nc(N3CCC(C(=O)Nc4cc(OC)cc(OC)c4)CC3)ccc2=O)cc1. The van der Waals surface area contributed by atoms with Crippen LogP contribution in [0, 0.1) is 5.92 Å². The van der Waals surface area contributed by atoms with Crippen LogP contribution < -0.4 is 25.2 Å². The third-order valence-electron chi connectivity index (χ3n) is 6.18. The molecule has 0 spiro atoms. The molecule has 0 saturated carbocycles. The van der Waals surface area contributed by atoms with Crippen molar-refractivity contribution in [1.82, 2.24) is 9.78 Å². The summed E-state index contributed by atoms with van der Waals surface area (Å²) in [6, 6.07) is 16.5. The van der Waals surface area contributed by atoms with E-state index in [2.05, 4.69) is 22.2 Å². The largest absolute Gasteiger partial charge is 0.497 e. The van der Waals surface area contributed by atoms with Crippen LogP contribution in [-0.4, -0.2) is 43.0 Å². The number of ether oxygens (including phenoxy) is 2. The van der Waals surface area contributed by atoms with Crippen LogP contribution in [0.25, 0.3) is 5.69 Å². The van der Waals surface area contributed by atoms with E-state index in [1.165, 1.54) is 10.2 Å². The average Bonchev–Trinajstić information content (AvgIpc) is 2.89. The summed E-state index contributed by atoms with van der Waals surface area (Å²) < 4.78 is 12.0. The number of rotatable bonds is 7. The minimum absolute atomic E-state index is 0.0242. The summed E-state index contributed by atoms with van der Waals surface area (Å²) in [5.41, 5.74) is 2.43. The van der Waals surface area contributed by atoms with Crippen molar-refractivity contribution in [1.29, 1.82) is 0 Å². The molecule has 1 aliphatic rings. The van der Waals surface area contributed by atoms with Gasteiger partial charge in [-0.2, -0.15) is 4.68 Å². The van der Waals surface area contributed by atoms with E-state index in [1.54, 1.807) is 44.6 Å². The van der Waals surface area contributed by atoms with Crippen molar-refractivity contribution < 1.29 is 14.3 Å². The molecule has 2 heterocycles. The zero-order valence-electron chi connectivity index (χ0n) is 19.8. The Morgan fingerprint density at radius 1 is 1.00 bits per heavy atom. The number of nitrogens with zero attached hydrogens (tertiary/aromatic N) is 3. The summed E-state index contributed by atoms with van der Waals surface area (Å²) in [5, 5.41) is 7.58. The number of carbonyl (C=O) groups is 1. The van der Waals surface area contributed by atoms with E-state index in [9.17, 15) is 9.59 Å². The number of hydrogen-bond donors (Lipinski definition) is 1. The first kappa shape index (κ1) is 23.4. The van der Waals surface area contributed by atoms with Crippen molar-refractivity contribution in [3.05, 3.63) is 70.5 Å². The zero-order valence-corrected chi connectivity index (χ0v) is 19.8. The molecule has 2 aromatic carbocycles. The van der Waals surface area contributed by atoms with Crippen LogP contribution in [0.1, 0.15) is 25.3 Å². The summed E-state index contributed by atoms with van der Waals surface area (Å²) in [6.07, 6.45) is 2.33. The predicted octanol–water partition coefficient (Wildman–Crippen LogP) is 3.67. The minimum atomic E-state index is -0.170. The highest BCUT2D eigenvalue weighted by Crippen LogP contribution is 2.28. The topological polar surface area (TPSA) is 85.7 Å². The number of carbonyl (C=O) groups excluding carboxylic acids is 1. The molecule has 8 nitrogen and oxygen atoms in total. The first-order valence-electron chi connectivity index (χ1n) is 11.5. The molecule has 8 heteroatoms. The lowest BCUT2D eigenvalue weighted by Crippen LogP contribution is -2.39. The molecule has 1 saturated heterocycles. The van der Waals surface area contributed by atoms with E-state index in [0.717, 1.165) is 17.9 Å². The lowest BCUT2D eigenvalue weighted by Gasteiger charge is -2.32. The van der Waals surface area contributed by atoms with Crippen LogP contribution >= 0.6 is 0 Å². The number of piperidine rings is 1. The molecule has 178 valence electrons. The number of nitrogens with one attached hydrogen (secondary N) is 1. The normalized spacial score (nSPS) is 14.0. The Bertz CT molecular complexity index is 1180. The highest BCUT2D eigenvalue weighted by atomic mass is 16.5. The number of aryl methyl sites for hydroxylation is 1. The molecule has 1 aliphatic heterocycles. The van der Waals surface area contributed by atoms with Crippen LogP contribution in [0.2, 0.25) is 0 Å². The van der Waals surface area contributed by atoms with Crippen LogP contribution in [-0.2, 0) is 11.2 Å². The van der Waals surface area contributed by atoms with E-state index in [1.807, 2.05) is 24.3 Å². The molecule has 1 fully saturated rings. The van der Waals surface area contributed by atoms with Crippen molar-refractivity contribution in [2.45, 2.75) is 26.2 Å². The molecule has 1 amide bonds. The molecule has 0 radical (unpaired) electrons. The summed E-state index contributed by atoms with van der Waals surface area (Å²) in [5.74, 6) is 1.84. The van der Waals surface area contributed by atoms with Gasteiger partial charge < -0.3 is 19.7 Å². The predicted molar refractivity (Wildman–Crippen MR) is 132 cm³/mol. The zero-order chi connectivity index (χ0) is 24.1. The molecule has 1 aromatic heterocycles. The van der Waals surface area contributed by atoms with Gasteiger partial charge in [-0.25, -0.2) is 0 Å². The molecule has 3 aromatic rings. The third-order valence-corrected chi connectivity index (χ3v) is 6.18. The van der Waals surface area contributed by atoms with Gasteiger partial charge in [0.2, 0.25) is 5.91 Å². The van der Waals surface area contributed by atoms with Crippen molar-refractivity contribution in [3.8, 4) is 17.2 Å². The number of amides is 1. The van der Waals surface area contributed by atoms with Gasteiger partial charge in [0, 0.05) is 49.0 Å². The van der Waals surface area contributed by atoms with Gasteiger partial charge in [0.05, 0.1) is 19.9 Å². The first-order valence-corrected chi connectivity index (χ1v) is 11.5. The smallest absolute Gasteiger partial charge is 0.271 e. The third kappa shape index (κ3) is 5.22. The molecular weight excluding hydrogens is 432 g/mol. The van der Waals surface area contributed by atoms with Crippen molar-refractivity contribution in [2.75, 3.05) is 37.5 Å². The fourth-order valence-electron chi connectivity index (χ4n) is 4.12. The highest BCUT2D eigenvalue weighted by molar-refractivity contribution is 5.93. The number of aromatic nitrogens is 2. The standard InChI is InChI=1S/C26H30N4O4/c1-4-18-5-7-21(8-6-18)30-25(31)10-9-24(28-30)29-13-11-19(12-14-29)26(32)27-20-15-22(33-2)17-23(16-20)34-3/h5-10,15-17,19H,4,11-14H2,1-3H3,(H,27,32). The molecule has 0 bridgehead atoms. The lowest BCUT2D eigenvalue weighted by atomic mass is 9.96. The van der Waals surface area contributed by atoms with Crippen LogP contribution in [0.15, 0.2) is 59.4 Å². The van der Waals surface area contributed by atoms with Crippen LogP contribution in [0.5, 0.6) is 11.5 Å². The van der Waals surface area contributed by atoms with E-state index < -0.39 is 0 Å². The lowest BCUT2D eigenvalue weighted by molar-refractivity contribution is -0.120. The van der Waals surface area contributed by atoms with Gasteiger partial charge in [-0.3, -0.25) is 9.59 Å². The van der Waals surface area contributed by atoms with E-state index in [4.69, 9.17) is 9.47 Å². The number of methoxy groups -OCH3 is 2. The molecular formula is C26H30N4O4. The molecule has 4 rings (SSSR count). The van der Waals surface area contributed by atoms with Gasteiger partial charge in [0.1, 0.15) is 17.3 Å². The summed E-state index contributed by atoms with van der Waals surface area (Å²) in [4.78, 5) is 27.4. The Labute approximate surface area is 199 Å². The molecule has 34 heavy (non-hydrogen) atoms. The Kier molecular flexibility index (Phi) is 7.15. The molecule has 0 aliphatic carbocycles. The minimum Gasteiger partial charge on any atom is -0.497 e. The van der Waals surface area contributed by atoms with Crippen molar-refractivity contribution in [2.24, 2.45) is 5.92 Å². The summed E-state index contributed by atoms with van der Waals surface area (Å²) >= 11 is 0. The second kappa shape index (κ2) is 10.4. The molecule has 0 unspecified atom stereocenters. The number of benzene rings is 2. The van der Waals surface area contributed by atoms with Gasteiger partial charge in [-0.05, 0) is 43.0 Å². The van der Waals surface area contributed by atoms with Crippen LogP contribution in [0.4, 0.5) is 11.5 Å². The van der Waals surface area contributed by atoms with E-state index in [-0.39, 0.29) is 17.4 Å². The Balaban J connectivity index is 1.42. The Hall–Kier alpha value is -3.81. The van der Waals surface area contributed by atoms with Gasteiger partial charge in [-0.15, -0.1) is 5.10 Å². The fourth-order valence-corrected chi connectivity index (χ4v) is 4.12. The summed E-state index contributed by atoms with van der Waals surface area (Å²) in [7, 11) is 3.15. The van der Waals surface area contributed by atoms with Crippen LogP contribution in [0.3, 0.4) is 0 Å². The monoisotopic (exact) mass is 462 g/mol. The van der Waals surface area contributed by atoms with Gasteiger partial charge in [0.15, 0.2) is 0 Å². The van der Waals surface area contributed by atoms with Crippen molar-refractivity contribution in [3.63, 3.8) is 0 Å². The Morgan fingerprint density at radius 3 is 2.24 bits per heavy atom. The molecule has 0 atom stereocenters. The number of anilines is 2. The van der Waals surface area contributed by atoms with E-state index in [0.29, 0.717) is 43.1 Å². The second-order valence-corrected chi connectivity index (χ2v) is 8.31. The maximum Gasteiger partial charge on any atom is 0.271 e. The first-order chi connectivity index (χ1) is 16.5. The summed E-state index contributed by atoms with van der Waals surface area (Å²) in [6.45, 7) is 3.45. The molecule has 1 N–H and O–H groups in total. The second-order valence-electron chi connectivity index (χ2n) is 8.31. The van der Waals surface area contributed by atoms with E-state index >= 15 is 0 Å². The van der Waals surface area contributed by atoms with Gasteiger partial charge in [0.25, 0.3) is 5.56 Å². The number of hydrogen-bond acceptors (Lipinski definition) is 6. The van der Waals surface area contributed by atoms with Gasteiger partial charge in [-0.1, -0.05) is 19.1 Å². The fraction of sp³-hybridized carbons (Fsp3) is 0.346. The van der Waals surface area contributed by atoms with Gasteiger partial charge >= 0.3 is 0 Å². The maximum atomic E-state index is 12.9. The highest BCUT2D eigenvalue weighted by Gasteiger charge is 2.26. The maximum absolute atomic E-state index is 12.9. The van der Waals surface area contributed by atoms with Crippen molar-refractivity contribution >= 4 is 17.4 Å². The quantitative estimate of drug-likeness (QED) is 0.577.